The van der Waals surface area contributed by atoms with Crippen LogP contribution in [0.4, 0.5) is 0 Å². The highest BCUT2D eigenvalue weighted by Crippen LogP contribution is 2.09. The predicted octanol–water partition coefficient (Wildman–Crippen LogP) is 0.279. The highest BCUT2D eigenvalue weighted by Gasteiger charge is 2.09. The minimum absolute atomic E-state index is 0.0738. The van der Waals surface area contributed by atoms with Gasteiger partial charge < -0.3 is 5.73 Å². The molecule has 0 amide bonds. The van der Waals surface area contributed by atoms with Crippen LogP contribution < -0.4 is 5.73 Å². The van der Waals surface area contributed by atoms with Crippen LogP contribution in [0.15, 0.2) is 11.2 Å². The first-order chi connectivity index (χ1) is 4.72. The first-order valence-electron chi connectivity index (χ1n) is 2.67. The third-order valence-electron chi connectivity index (χ3n) is 1.08. The number of rotatable bonds is 0. The van der Waals surface area contributed by atoms with Crippen LogP contribution >= 0.6 is 11.6 Å². The third-order valence-corrected chi connectivity index (χ3v) is 1.39. The van der Waals surface area contributed by atoms with Crippen molar-refractivity contribution in [3.05, 3.63) is 11.2 Å². The number of hydrogen-bond acceptors (Lipinski definition) is 1. The predicted molar refractivity (Wildman–Crippen MR) is 40.3 cm³/mol. The van der Waals surface area contributed by atoms with Gasteiger partial charge in [0.2, 0.25) is 0 Å². The second-order valence-corrected chi connectivity index (χ2v) is 2.15. The van der Waals surface area contributed by atoms with Crippen LogP contribution in [0, 0.1) is 17.3 Å². The van der Waals surface area contributed by atoms with Crippen molar-refractivity contribution in [3.8, 4) is 11.8 Å². The van der Waals surface area contributed by atoms with Gasteiger partial charge in [-0.1, -0.05) is 23.4 Å². The zero-order valence-corrected chi connectivity index (χ0v) is 5.94. The van der Waals surface area contributed by atoms with E-state index < -0.39 is 0 Å². The van der Waals surface area contributed by atoms with E-state index in [4.69, 9.17) is 22.7 Å². The molecular formula is C6H6ClN3. The summed E-state index contributed by atoms with van der Waals surface area (Å²) in [6.07, 6.45) is 1.52. The molecule has 0 bridgehead atoms. The average molecular weight is 156 g/mol. The van der Waals surface area contributed by atoms with Crippen LogP contribution in [-0.4, -0.2) is 17.4 Å². The Labute approximate surface area is 64.0 Å². The molecule has 0 saturated carbocycles. The van der Waals surface area contributed by atoms with Gasteiger partial charge >= 0.3 is 0 Å². The molecule has 0 aliphatic carbocycles. The van der Waals surface area contributed by atoms with Gasteiger partial charge in [-0.05, 0) is 0 Å². The SMILES string of the molecule is N=C(N)N1CC#CC=C1Cl. The fourth-order valence-electron chi connectivity index (χ4n) is 0.589. The molecule has 0 atom stereocenters. The second kappa shape index (κ2) is 2.63. The van der Waals surface area contributed by atoms with E-state index in [9.17, 15) is 0 Å². The van der Waals surface area contributed by atoms with Gasteiger partial charge in [-0.15, -0.1) is 0 Å². The van der Waals surface area contributed by atoms with E-state index in [1.165, 1.54) is 11.0 Å². The highest BCUT2D eigenvalue weighted by atomic mass is 35.5. The quantitative estimate of drug-likeness (QED) is 0.229. The van der Waals surface area contributed by atoms with Gasteiger partial charge in [-0.25, -0.2) is 0 Å². The maximum Gasteiger partial charge on any atom is 0.194 e. The van der Waals surface area contributed by atoms with Gasteiger partial charge in [-0.3, -0.25) is 10.3 Å². The summed E-state index contributed by atoms with van der Waals surface area (Å²) >= 11 is 5.64. The summed E-state index contributed by atoms with van der Waals surface area (Å²) in [5.74, 6) is 5.35. The maximum absolute atomic E-state index is 7.03. The normalized spacial score (nSPS) is 15.3. The molecule has 3 nitrogen and oxygen atoms in total. The zero-order chi connectivity index (χ0) is 7.56. The molecule has 3 N–H and O–H groups in total. The first-order valence-corrected chi connectivity index (χ1v) is 3.05. The lowest BCUT2D eigenvalue weighted by atomic mass is 10.4. The number of allylic oxidation sites excluding steroid dienone is 1. The van der Waals surface area contributed by atoms with Gasteiger partial charge in [0.25, 0.3) is 0 Å². The molecule has 10 heavy (non-hydrogen) atoms. The topological polar surface area (TPSA) is 53.1 Å². The lowest BCUT2D eigenvalue weighted by Crippen LogP contribution is -2.35. The number of nitrogens with one attached hydrogen (secondary N) is 1. The Kier molecular flexibility index (Phi) is 1.83. The molecule has 1 aliphatic rings. The maximum atomic E-state index is 7.03. The van der Waals surface area contributed by atoms with E-state index in [0.29, 0.717) is 11.7 Å². The minimum Gasteiger partial charge on any atom is -0.370 e. The van der Waals surface area contributed by atoms with E-state index in [0.717, 1.165) is 0 Å². The van der Waals surface area contributed by atoms with Gasteiger partial charge in [0.05, 0.1) is 6.54 Å². The molecule has 0 fully saturated rings. The van der Waals surface area contributed by atoms with E-state index in [-0.39, 0.29) is 5.96 Å². The molecule has 0 spiro atoms. The van der Waals surface area contributed by atoms with E-state index in [1.807, 2.05) is 0 Å². The van der Waals surface area contributed by atoms with Gasteiger partial charge in [0.1, 0.15) is 5.16 Å². The van der Waals surface area contributed by atoms with Crippen molar-refractivity contribution in [2.75, 3.05) is 6.54 Å². The number of hydrogen-bond donors (Lipinski definition) is 2. The molecule has 0 aromatic rings. The summed E-state index contributed by atoms with van der Waals surface area (Å²) in [5.41, 5.74) is 5.17. The van der Waals surface area contributed by atoms with Crippen molar-refractivity contribution in [3.63, 3.8) is 0 Å². The number of nitrogens with zero attached hydrogens (tertiary/aromatic N) is 1. The van der Waals surface area contributed by atoms with Gasteiger partial charge in [-0.2, -0.15) is 0 Å². The third kappa shape index (κ3) is 1.23. The van der Waals surface area contributed by atoms with Crippen molar-refractivity contribution in [2.45, 2.75) is 0 Å². The molecule has 0 aromatic carbocycles. The Balaban J connectivity index is 2.78. The van der Waals surface area contributed by atoms with Crippen LogP contribution in [-0.2, 0) is 0 Å². The van der Waals surface area contributed by atoms with Gasteiger partial charge in [0.15, 0.2) is 5.96 Å². The van der Waals surface area contributed by atoms with Crippen LogP contribution in [0.25, 0.3) is 0 Å². The zero-order valence-electron chi connectivity index (χ0n) is 5.19. The lowest BCUT2D eigenvalue weighted by molar-refractivity contribution is 0.599. The van der Waals surface area contributed by atoms with Crippen molar-refractivity contribution in [1.82, 2.24) is 4.90 Å². The summed E-state index contributed by atoms with van der Waals surface area (Å²) < 4.78 is 0. The molecular weight excluding hydrogens is 150 g/mol. The standard InChI is InChI=1S/C6H6ClN3/c7-5-3-1-2-4-10(5)6(8)9/h3H,4H2,(H3,8,9). The Morgan fingerprint density at radius 3 is 3.00 bits per heavy atom. The summed E-state index contributed by atoms with van der Waals surface area (Å²) in [7, 11) is 0. The number of nitrogens with two attached hydrogens (primary N) is 1. The Morgan fingerprint density at radius 2 is 2.60 bits per heavy atom. The Morgan fingerprint density at radius 1 is 1.90 bits per heavy atom. The minimum atomic E-state index is -0.0738. The lowest BCUT2D eigenvalue weighted by Gasteiger charge is -2.19. The van der Waals surface area contributed by atoms with Crippen LogP contribution in [0.5, 0.6) is 0 Å². The molecule has 1 aliphatic heterocycles. The van der Waals surface area contributed by atoms with E-state index in [2.05, 4.69) is 11.8 Å². The van der Waals surface area contributed by atoms with Crippen LogP contribution in [0.3, 0.4) is 0 Å². The fraction of sp³-hybridized carbons (Fsp3) is 0.167. The molecule has 0 radical (unpaired) electrons. The Bertz CT molecular complexity index is 245. The molecule has 1 rings (SSSR count). The van der Waals surface area contributed by atoms with Crippen LogP contribution in [0.2, 0.25) is 0 Å². The molecule has 0 unspecified atom stereocenters. The summed E-state index contributed by atoms with van der Waals surface area (Å²) in [6, 6.07) is 0. The van der Waals surface area contributed by atoms with Crippen molar-refractivity contribution in [1.29, 1.82) is 5.41 Å². The molecule has 0 saturated heterocycles. The van der Waals surface area contributed by atoms with Crippen LogP contribution in [0.1, 0.15) is 0 Å². The fourth-order valence-corrected chi connectivity index (χ4v) is 0.794. The molecule has 52 valence electrons. The molecule has 4 heteroatoms. The van der Waals surface area contributed by atoms with E-state index >= 15 is 0 Å². The Hall–Kier alpha value is -1.14. The van der Waals surface area contributed by atoms with Crippen molar-refractivity contribution < 1.29 is 0 Å². The smallest absolute Gasteiger partial charge is 0.194 e. The highest BCUT2D eigenvalue weighted by molar-refractivity contribution is 6.30. The number of guanidine groups is 1. The van der Waals surface area contributed by atoms with Crippen molar-refractivity contribution >= 4 is 17.6 Å². The second-order valence-electron chi connectivity index (χ2n) is 1.76. The monoisotopic (exact) mass is 155 g/mol. The summed E-state index contributed by atoms with van der Waals surface area (Å²) in [4.78, 5) is 1.41. The molecule has 0 aromatic heterocycles. The van der Waals surface area contributed by atoms with Crippen molar-refractivity contribution in [2.24, 2.45) is 5.73 Å². The largest absolute Gasteiger partial charge is 0.370 e. The summed E-state index contributed by atoms with van der Waals surface area (Å²) in [6.45, 7) is 0.407. The average Bonchev–Trinajstić information content (AvgIpc) is 1.88. The summed E-state index contributed by atoms with van der Waals surface area (Å²) in [5, 5.41) is 7.44. The molecule has 1 heterocycles. The van der Waals surface area contributed by atoms with E-state index in [1.54, 1.807) is 0 Å². The first kappa shape index (κ1) is 6.97. The number of halogens is 1. The van der Waals surface area contributed by atoms with Gasteiger partial charge in [0, 0.05) is 6.08 Å².